The van der Waals surface area contributed by atoms with Crippen molar-refractivity contribution in [1.29, 1.82) is 0 Å². The van der Waals surface area contributed by atoms with Crippen molar-refractivity contribution in [2.24, 2.45) is 5.92 Å². The molecule has 5 rings (SSSR count). The molecular weight excluding hydrogens is 582 g/mol. The summed E-state index contributed by atoms with van der Waals surface area (Å²) in [5, 5.41) is 4.57. The van der Waals surface area contributed by atoms with Crippen LogP contribution in [0.2, 0.25) is 5.02 Å². The highest BCUT2D eigenvalue weighted by molar-refractivity contribution is 7.08. The molecule has 224 valence electrons. The first kappa shape index (κ1) is 30.6. The van der Waals surface area contributed by atoms with Crippen LogP contribution < -0.4 is 18.7 Å². The van der Waals surface area contributed by atoms with Gasteiger partial charge in [-0.15, -0.1) is 0 Å². The zero-order chi connectivity index (χ0) is 30.6. The average Bonchev–Trinajstić information content (AvgIpc) is 3.68. The van der Waals surface area contributed by atoms with E-state index in [1.807, 2.05) is 36.5 Å². The molecule has 0 bridgehead atoms. The maximum atomic E-state index is 13.3. The second kappa shape index (κ2) is 13.2. The predicted molar refractivity (Wildman–Crippen MR) is 175 cm³/mol. The molecule has 1 unspecified atom stereocenters. The van der Waals surface area contributed by atoms with Crippen LogP contribution in [0.5, 0.6) is 17.2 Å². The maximum absolute atomic E-state index is 13.3. The molecular formula is C34H37ClN3O4S+. The average molecular weight is 619 g/mol. The van der Waals surface area contributed by atoms with E-state index in [-0.39, 0.29) is 4.48 Å². The van der Waals surface area contributed by atoms with Gasteiger partial charge < -0.3 is 18.6 Å². The summed E-state index contributed by atoms with van der Waals surface area (Å²) in [6.45, 7) is 5.16. The molecule has 5 aromatic rings. The number of carbonyl (C=O) groups is 1. The van der Waals surface area contributed by atoms with E-state index in [2.05, 4.69) is 47.2 Å². The van der Waals surface area contributed by atoms with Gasteiger partial charge in [0.25, 0.3) is 0 Å². The van der Waals surface area contributed by atoms with Gasteiger partial charge in [-0.3, -0.25) is 0 Å². The number of methoxy groups -OCH3 is 3. The third kappa shape index (κ3) is 6.13. The Kier molecular flexibility index (Phi) is 9.40. The largest absolute Gasteiger partial charge is 0.496 e. The number of thiophene rings is 1. The summed E-state index contributed by atoms with van der Waals surface area (Å²) >= 11 is 8.64. The van der Waals surface area contributed by atoms with E-state index < -0.39 is 0 Å². The Balaban J connectivity index is 1.66. The van der Waals surface area contributed by atoms with Gasteiger partial charge in [0.2, 0.25) is 0 Å². The summed E-state index contributed by atoms with van der Waals surface area (Å²) in [5.74, 6) is 2.09. The van der Waals surface area contributed by atoms with Gasteiger partial charge in [-0.25, -0.2) is 14.3 Å². The van der Waals surface area contributed by atoms with Gasteiger partial charge >= 0.3 is 6.41 Å². The molecule has 0 N–H and O–H groups in total. The number of ether oxygens (including phenoxy) is 3. The van der Waals surface area contributed by atoms with Gasteiger partial charge in [0.05, 0.1) is 33.6 Å². The topological polar surface area (TPSA) is 62.1 Å². The molecule has 9 heteroatoms. The summed E-state index contributed by atoms with van der Waals surface area (Å²) in [7, 11) is 4.81. The quantitative estimate of drug-likeness (QED) is 0.0987. The Hall–Kier alpha value is -3.85. The van der Waals surface area contributed by atoms with Crippen LogP contribution >= 0.6 is 22.9 Å². The zero-order valence-electron chi connectivity index (χ0n) is 25.2. The van der Waals surface area contributed by atoms with Crippen LogP contribution in [0.3, 0.4) is 0 Å². The Morgan fingerprint density at radius 2 is 1.79 bits per heavy atom. The molecule has 3 aromatic heterocycles. The van der Waals surface area contributed by atoms with E-state index in [0.29, 0.717) is 47.6 Å². The smallest absolute Gasteiger partial charge is 0.306 e. The van der Waals surface area contributed by atoms with Gasteiger partial charge in [-0.2, -0.15) is 11.3 Å². The third-order valence-corrected chi connectivity index (χ3v) is 8.94. The number of aromatic nitrogens is 2. The van der Waals surface area contributed by atoms with Crippen molar-refractivity contribution in [1.82, 2.24) is 13.9 Å². The number of benzene rings is 2. The van der Waals surface area contributed by atoms with E-state index in [9.17, 15) is 4.79 Å². The minimum Gasteiger partial charge on any atom is -0.496 e. The number of quaternary nitrogens is 1. The highest BCUT2D eigenvalue weighted by Crippen LogP contribution is 2.44. The molecule has 0 radical (unpaired) electrons. The number of carbonyl (C=O) groups excluding carboxylic acids is 1. The van der Waals surface area contributed by atoms with Crippen molar-refractivity contribution in [2.75, 3.05) is 27.9 Å². The monoisotopic (exact) mass is 618 g/mol. The molecule has 2 aromatic carbocycles. The fourth-order valence-electron chi connectivity index (χ4n) is 5.52. The Bertz CT molecular complexity index is 1720. The Morgan fingerprint density at radius 3 is 2.47 bits per heavy atom. The molecule has 7 nitrogen and oxygen atoms in total. The molecule has 0 saturated carbocycles. The highest BCUT2D eigenvalue weighted by atomic mass is 35.5. The summed E-state index contributed by atoms with van der Waals surface area (Å²) in [6, 6.07) is 18.0. The van der Waals surface area contributed by atoms with Gasteiger partial charge in [0.15, 0.2) is 17.2 Å². The van der Waals surface area contributed by atoms with Crippen molar-refractivity contribution in [3.8, 4) is 28.4 Å². The molecule has 0 aliphatic carbocycles. The number of rotatable bonds is 13. The number of amides is 1. The van der Waals surface area contributed by atoms with E-state index in [4.69, 9.17) is 30.8 Å². The molecule has 0 fully saturated rings. The van der Waals surface area contributed by atoms with Crippen LogP contribution in [-0.2, 0) is 17.8 Å². The normalized spacial score (nSPS) is 12.8. The number of nitrogens with zero attached hydrogens (tertiary/aromatic N) is 3. The van der Waals surface area contributed by atoms with Crippen molar-refractivity contribution in [3.63, 3.8) is 0 Å². The van der Waals surface area contributed by atoms with Gasteiger partial charge in [-0.05, 0) is 70.6 Å². The fraction of sp³-hybridized carbons (Fsp3) is 0.294. The Morgan fingerprint density at radius 1 is 1.00 bits per heavy atom. The van der Waals surface area contributed by atoms with Crippen LogP contribution in [0.4, 0.5) is 5.69 Å². The first-order valence-electron chi connectivity index (χ1n) is 14.2. The number of halogens is 1. The lowest BCUT2D eigenvalue weighted by molar-refractivity contribution is -0.118. The molecule has 3 heterocycles. The van der Waals surface area contributed by atoms with Crippen LogP contribution in [0.25, 0.3) is 16.8 Å². The van der Waals surface area contributed by atoms with E-state index in [0.717, 1.165) is 46.7 Å². The number of hydrogen-bond acceptors (Lipinski definition) is 6. The molecule has 0 saturated heterocycles. The van der Waals surface area contributed by atoms with Crippen molar-refractivity contribution in [3.05, 3.63) is 93.5 Å². The molecule has 1 amide bonds. The molecule has 0 spiro atoms. The van der Waals surface area contributed by atoms with Crippen LogP contribution in [0.15, 0.2) is 71.6 Å². The van der Waals surface area contributed by atoms with Crippen molar-refractivity contribution < 1.29 is 19.0 Å². The number of hydrogen-bond donors (Lipinski definition) is 0. The Labute approximate surface area is 261 Å². The summed E-state index contributed by atoms with van der Waals surface area (Å²) in [6.07, 6.45) is 4.37. The third-order valence-electron chi connectivity index (χ3n) is 7.89. The molecule has 0 aliphatic rings. The summed E-state index contributed by atoms with van der Waals surface area (Å²) in [4.78, 5) is 18.4. The number of pyridine rings is 1. The zero-order valence-corrected chi connectivity index (χ0v) is 26.7. The van der Waals surface area contributed by atoms with E-state index in [1.54, 1.807) is 38.7 Å². The van der Waals surface area contributed by atoms with Gasteiger partial charge in [0, 0.05) is 24.2 Å². The lowest BCUT2D eigenvalue weighted by atomic mass is 10.0. The van der Waals surface area contributed by atoms with E-state index in [1.165, 1.54) is 5.56 Å². The summed E-state index contributed by atoms with van der Waals surface area (Å²) < 4.78 is 19.0. The van der Waals surface area contributed by atoms with Crippen LogP contribution in [-0.4, -0.2) is 43.7 Å². The number of imidazole rings is 1. The lowest BCUT2D eigenvalue weighted by Crippen LogP contribution is -2.49. The second-order valence-electron chi connectivity index (χ2n) is 11.0. The lowest BCUT2D eigenvalue weighted by Gasteiger charge is -2.33. The van der Waals surface area contributed by atoms with Crippen LogP contribution in [0.1, 0.15) is 37.2 Å². The highest BCUT2D eigenvalue weighted by Gasteiger charge is 2.37. The number of fused-ring (bicyclic) bond motifs is 1. The fourth-order valence-corrected chi connectivity index (χ4v) is 6.59. The van der Waals surface area contributed by atoms with E-state index >= 15 is 0 Å². The molecule has 43 heavy (non-hydrogen) atoms. The molecule has 1 atom stereocenters. The van der Waals surface area contributed by atoms with Crippen molar-refractivity contribution >= 4 is 40.7 Å². The predicted octanol–water partition coefficient (Wildman–Crippen LogP) is 8.04. The first-order valence-corrected chi connectivity index (χ1v) is 15.5. The van der Waals surface area contributed by atoms with Gasteiger partial charge in [0.1, 0.15) is 28.7 Å². The van der Waals surface area contributed by atoms with Crippen LogP contribution in [0, 0.1) is 5.92 Å². The standard InChI is InChI=1S/C34H37ClN3O4S/c1-23(2)13-16-38(22-39,29-10-12-31(41-4)34(42-5)33(29)35)20-27-28(37-15-7-6-8-32(37)36-27)19-26-18-24(9-11-30(26)40-3)25-14-17-43-21-25/h6-12,14-15,17-18,21-23H,13,16,19-20H2,1-5H3/q+1. The minimum atomic E-state index is -0.0413. The van der Waals surface area contributed by atoms with Gasteiger partial charge in [-0.1, -0.05) is 37.6 Å². The minimum absolute atomic E-state index is 0.0413. The maximum Gasteiger partial charge on any atom is 0.306 e. The SMILES string of the molecule is COc1ccc(-c2ccsc2)cc1Cc1c(C[N+](C=O)(CCC(C)C)c2ccc(OC)c(OC)c2Cl)nc2ccccn12. The second-order valence-corrected chi connectivity index (χ2v) is 12.1. The first-order chi connectivity index (χ1) is 20.8. The summed E-state index contributed by atoms with van der Waals surface area (Å²) in [5.41, 5.74) is 6.59. The molecule has 0 aliphatic heterocycles. The van der Waals surface area contributed by atoms with Crippen molar-refractivity contribution in [2.45, 2.75) is 33.2 Å².